The zero-order chi connectivity index (χ0) is 21.5. The summed E-state index contributed by atoms with van der Waals surface area (Å²) in [4.78, 5) is 26.6. The van der Waals surface area contributed by atoms with Crippen molar-refractivity contribution in [3.8, 4) is 5.75 Å². The van der Waals surface area contributed by atoms with Crippen molar-refractivity contribution in [2.24, 2.45) is 0 Å². The fraction of sp³-hybridized carbons (Fsp3) is 0.280. The highest BCUT2D eigenvalue weighted by molar-refractivity contribution is 5.93. The average Bonchev–Trinajstić information content (AvgIpc) is 3.34. The topological polar surface area (TPSA) is 71.8 Å². The van der Waals surface area contributed by atoms with Crippen molar-refractivity contribution in [2.45, 2.75) is 25.3 Å². The molecule has 2 heterocycles. The van der Waals surface area contributed by atoms with Crippen LogP contribution in [0.25, 0.3) is 0 Å². The van der Waals surface area contributed by atoms with Crippen LogP contribution >= 0.6 is 0 Å². The summed E-state index contributed by atoms with van der Waals surface area (Å²) >= 11 is 0. The van der Waals surface area contributed by atoms with Gasteiger partial charge in [-0.25, -0.2) is 0 Å². The molecule has 6 nitrogen and oxygen atoms in total. The standard InChI is InChI=1S/C25H26N2O4/c28-24(26-22-10-13-27(14-11-22)25(29)21-12-15-30-17-21)18-31-23-9-5-4-8-20(23)16-19-6-2-1-3-7-19/h1-9,12,15,17,22H,10-11,13-14,16,18H2,(H,26,28). The number of hydrogen-bond acceptors (Lipinski definition) is 4. The Balaban J connectivity index is 1.25. The first-order valence-electron chi connectivity index (χ1n) is 10.5. The Morgan fingerprint density at radius 1 is 1.00 bits per heavy atom. The summed E-state index contributed by atoms with van der Waals surface area (Å²) in [6.07, 6.45) is 5.16. The van der Waals surface area contributed by atoms with Gasteiger partial charge in [0.05, 0.1) is 11.8 Å². The van der Waals surface area contributed by atoms with Crippen molar-refractivity contribution in [3.63, 3.8) is 0 Å². The molecule has 1 aliphatic rings. The molecule has 31 heavy (non-hydrogen) atoms. The zero-order valence-corrected chi connectivity index (χ0v) is 17.3. The van der Waals surface area contributed by atoms with Gasteiger partial charge in [-0.15, -0.1) is 0 Å². The molecular formula is C25H26N2O4. The van der Waals surface area contributed by atoms with Gasteiger partial charge in [0.15, 0.2) is 6.61 Å². The number of likely N-dealkylation sites (tertiary alicyclic amines) is 1. The van der Waals surface area contributed by atoms with Crippen LogP contribution in [0.3, 0.4) is 0 Å². The summed E-state index contributed by atoms with van der Waals surface area (Å²) in [6, 6.07) is 19.7. The van der Waals surface area contributed by atoms with Crippen LogP contribution in [0.2, 0.25) is 0 Å². The third-order valence-corrected chi connectivity index (χ3v) is 5.48. The van der Waals surface area contributed by atoms with Gasteiger partial charge >= 0.3 is 0 Å². The minimum atomic E-state index is -0.144. The van der Waals surface area contributed by atoms with E-state index in [4.69, 9.17) is 9.15 Å². The molecule has 0 spiro atoms. The van der Waals surface area contributed by atoms with Crippen molar-refractivity contribution in [2.75, 3.05) is 19.7 Å². The van der Waals surface area contributed by atoms with E-state index in [1.165, 1.54) is 18.1 Å². The van der Waals surface area contributed by atoms with Gasteiger partial charge in [-0.1, -0.05) is 48.5 Å². The summed E-state index contributed by atoms with van der Waals surface area (Å²) in [7, 11) is 0. The first-order chi connectivity index (χ1) is 15.2. The largest absolute Gasteiger partial charge is 0.483 e. The Kier molecular flexibility index (Phi) is 6.67. The highest BCUT2D eigenvalue weighted by Crippen LogP contribution is 2.21. The van der Waals surface area contributed by atoms with Crippen molar-refractivity contribution in [1.29, 1.82) is 0 Å². The van der Waals surface area contributed by atoms with Gasteiger partial charge in [0.25, 0.3) is 11.8 Å². The van der Waals surface area contributed by atoms with Crippen LogP contribution in [0.1, 0.15) is 34.3 Å². The van der Waals surface area contributed by atoms with E-state index in [0.29, 0.717) is 18.7 Å². The minimum absolute atomic E-state index is 0.0278. The lowest BCUT2D eigenvalue weighted by Gasteiger charge is -2.32. The van der Waals surface area contributed by atoms with E-state index < -0.39 is 0 Å². The molecule has 0 aliphatic carbocycles. The van der Waals surface area contributed by atoms with Crippen LogP contribution in [-0.4, -0.2) is 42.5 Å². The first kappa shape index (κ1) is 20.7. The Bertz CT molecular complexity index is 993. The van der Waals surface area contributed by atoms with Crippen molar-refractivity contribution in [1.82, 2.24) is 10.2 Å². The number of benzene rings is 2. The van der Waals surface area contributed by atoms with Crippen LogP contribution in [0, 0.1) is 0 Å². The number of para-hydroxylation sites is 1. The number of furan rings is 1. The fourth-order valence-corrected chi connectivity index (χ4v) is 3.81. The number of amides is 2. The Morgan fingerprint density at radius 2 is 1.74 bits per heavy atom. The number of hydrogen-bond donors (Lipinski definition) is 1. The van der Waals surface area contributed by atoms with Crippen LogP contribution < -0.4 is 10.1 Å². The van der Waals surface area contributed by atoms with Crippen molar-refractivity contribution >= 4 is 11.8 Å². The molecule has 0 radical (unpaired) electrons. The lowest BCUT2D eigenvalue weighted by Crippen LogP contribution is -2.47. The molecule has 1 aliphatic heterocycles. The molecule has 1 N–H and O–H groups in total. The molecule has 0 unspecified atom stereocenters. The van der Waals surface area contributed by atoms with E-state index in [1.807, 2.05) is 42.5 Å². The van der Waals surface area contributed by atoms with E-state index in [1.54, 1.807) is 11.0 Å². The molecular weight excluding hydrogens is 392 g/mol. The number of nitrogens with one attached hydrogen (secondary N) is 1. The Morgan fingerprint density at radius 3 is 2.48 bits per heavy atom. The van der Waals surface area contributed by atoms with Crippen LogP contribution in [0.15, 0.2) is 77.6 Å². The van der Waals surface area contributed by atoms with Gasteiger partial charge < -0.3 is 19.4 Å². The lowest BCUT2D eigenvalue weighted by atomic mass is 10.0. The Labute approximate surface area is 181 Å². The van der Waals surface area contributed by atoms with Gasteiger partial charge in [-0.05, 0) is 36.1 Å². The van der Waals surface area contributed by atoms with E-state index in [0.717, 1.165) is 30.6 Å². The first-order valence-corrected chi connectivity index (χ1v) is 10.5. The van der Waals surface area contributed by atoms with E-state index in [2.05, 4.69) is 17.4 Å². The number of nitrogens with zero attached hydrogens (tertiary/aromatic N) is 1. The summed E-state index contributed by atoms with van der Waals surface area (Å²) in [5.41, 5.74) is 2.80. The zero-order valence-electron chi connectivity index (χ0n) is 17.3. The molecule has 0 bridgehead atoms. The average molecular weight is 418 g/mol. The van der Waals surface area contributed by atoms with Gasteiger partial charge in [0.2, 0.25) is 0 Å². The molecule has 3 aromatic rings. The third-order valence-electron chi connectivity index (χ3n) is 5.48. The monoisotopic (exact) mass is 418 g/mol. The van der Waals surface area contributed by atoms with Gasteiger partial charge in [0, 0.05) is 25.6 Å². The highest BCUT2D eigenvalue weighted by Gasteiger charge is 2.25. The third kappa shape index (κ3) is 5.54. The molecule has 2 amide bonds. The summed E-state index contributed by atoms with van der Waals surface area (Å²) in [5.74, 6) is 0.549. The smallest absolute Gasteiger partial charge is 0.258 e. The van der Waals surface area contributed by atoms with Gasteiger partial charge in [-0.3, -0.25) is 9.59 Å². The summed E-state index contributed by atoms with van der Waals surface area (Å²) in [6.45, 7) is 1.19. The van der Waals surface area contributed by atoms with Gasteiger partial charge in [0.1, 0.15) is 12.0 Å². The van der Waals surface area contributed by atoms with Gasteiger partial charge in [-0.2, -0.15) is 0 Å². The second-order valence-corrected chi connectivity index (χ2v) is 7.70. The molecule has 6 heteroatoms. The molecule has 2 aromatic carbocycles. The van der Waals surface area contributed by atoms with Crippen LogP contribution in [0.4, 0.5) is 0 Å². The number of carbonyl (C=O) groups is 2. The van der Waals surface area contributed by atoms with Crippen LogP contribution in [0.5, 0.6) is 5.75 Å². The number of rotatable bonds is 7. The van der Waals surface area contributed by atoms with Crippen LogP contribution in [-0.2, 0) is 11.2 Å². The fourth-order valence-electron chi connectivity index (χ4n) is 3.81. The predicted octanol–water partition coefficient (Wildman–Crippen LogP) is 3.67. The number of piperidine rings is 1. The molecule has 1 fully saturated rings. The van der Waals surface area contributed by atoms with E-state index in [-0.39, 0.29) is 24.5 Å². The minimum Gasteiger partial charge on any atom is -0.483 e. The molecule has 1 aromatic heterocycles. The van der Waals surface area contributed by atoms with E-state index in [9.17, 15) is 9.59 Å². The lowest BCUT2D eigenvalue weighted by molar-refractivity contribution is -0.124. The maximum absolute atomic E-state index is 12.4. The maximum Gasteiger partial charge on any atom is 0.258 e. The molecule has 1 saturated heterocycles. The molecule has 0 atom stereocenters. The molecule has 0 saturated carbocycles. The van der Waals surface area contributed by atoms with Crippen molar-refractivity contribution in [3.05, 3.63) is 89.9 Å². The summed E-state index contributed by atoms with van der Waals surface area (Å²) < 4.78 is 10.8. The van der Waals surface area contributed by atoms with E-state index >= 15 is 0 Å². The van der Waals surface area contributed by atoms with Crippen molar-refractivity contribution < 1.29 is 18.7 Å². The quantitative estimate of drug-likeness (QED) is 0.636. The normalized spacial score (nSPS) is 14.3. The Hall–Kier alpha value is -3.54. The number of ether oxygens (including phenoxy) is 1. The SMILES string of the molecule is O=C(COc1ccccc1Cc1ccccc1)NC1CCN(C(=O)c2ccoc2)CC1. The summed E-state index contributed by atoms with van der Waals surface area (Å²) in [5, 5.41) is 3.03. The highest BCUT2D eigenvalue weighted by atomic mass is 16.5. The maximum atomic E-state index is 12.4. The predicted molar refractivity (Wildman–Crippen MR) is 117 cm³/mol. The molecule has 4 rings (SSSR count). The second kappa shape index (κ2) is 9.98. The molecule has 160 valence electrons. The number of carbonyl (C=O) groups excluding carboxylic acids is 2. The second-order valence-electron chi connectivity index (χ2n) is 7.70.